The summed E-state index contributed by atoms with van der Waals surface area (Å²) in [5, 5.41) is 9.37. The Balaban J connectivity index is 2.75. The average molecular weight is 423 g/mol. The molecule has 1 rings (SSSR count). The van der Waals surface area contributed by atoms with Crippen LogP contribution in [0.5, 0.6) is 11.5 Å². The third-order valence-electron chi connectivity index (χ3n) is 3.83. The molecule has 0 aliphatic rings. The third kappa shape index (κ3) is 9.71. The van der Waals surface area contributed by atoms with Crippen LogP contribution in [0.2, 0.25) is 0 Å². The number of nitrogens with zero attached hydrogens (tertiary/aromatic N) is 1. The Labute approximate surface area is 180 Å². The lowest BCUT2D eigenvalue weighted by atomic mass is 10.1. The molecule has 0 aliphatic carbocycles. The number of carbonyl (C=O) groups is 1. The maximum absolute atomic E-state index is 12.1. The van der Waals surface area contributed by atoms with Gasteiger partial charge in [-0.15, -0.1) is 0 Å². The van der Waals surface area contributed by atoms with E-state index in [-0.39, 0.29) is 0 Å². The molecule has 3 N–H and O–H groups in total. The Morgan fingerprint density at radius 2 is 1.77 bits per heavy atom. The molecule has 0 fully saturated rings. The number of hydrogen-bond acceptors (Lipinski definition) is 5. The van der Waals surface area contributed by atoms with Crippen LogP contribution in [-0.4, -0.2) is 50.0 Å². The summed E-state index contributed by atoms with van der Waals surface area (Å²) in [6.45, 7) is 15.5. The fourth-order valence-electron chi connectivity index (χ4n) is 2.53. The molecule has 8 heteroatoms. The molecule has 0 saturated carbocycles. The van der Waals surface area contributed by atoms with Crippen molar-refractivity contribution in [3.63, 3.8) is 0 Å². The Hall–Kier alpha value is -2.64. The summed E-state index contributed by atoms with van der Waals surface area (Å²) in [6.07, 6.45) is -0.447. The number of alkyl carbamates (subject to hydrolysis) is 1. The summed E-state index contributed by atoms with van der Waals surface area (Å²) >= 11 is 0. The first kappa shape index (κ1) is 25.4. The Kier molecular flexibility index (Phi) is 9.75. The topological polar surface area (TPSA) is 93.2 Å². The van der Waals surface area contributed by atoms with E-state index in [4.69, 9.17) is 14.2 Å². The molecule has 0 atom stereocenters. The molecule has 0 aliphatic heterocycles. The van der Waals surface area contributed by atoms with E-state index in [0.717, 1.165) is 12.1 Å². The highest BCUT2D eigenvalue weighted by atomic mass is 16.6. The smallest absolute Gasteiger partial charge is 0.408 e. The standard InChI is InChI=1S/C22H38N4O4/c1-9-23-19(25-15-22(6,7)26-20(27)30-21(3,4)5)24-14-16-11-12-17(29-10-2)18(13-16)28-8/h11-13H,9-10,14-15H2,1-8H3,(H,26,27)(H2,23,24,25). The number of guanidine groups is 1. The number of aliphatic imine (C=N–C) groups is 1. The lowest BCUT2D eigenvalue weighted by molar-refractivity contribution is 0.0474. The fourth-order valence-corrected chi connectivity index (χ4v) is 2.53. The summed E-state index contributed by atoms with van der Waals surface area (Å²) in [6, 6.07) is 5.78. The minimum Gasteiger partial charge on any atom is -0.493 e. The summed E-state index contributed by atoms with van der Waals surface area (Å²) in [4.78, 5) is 16.7. The van der Waals surface area contributed by atoms with Crippen molar-refractivity contribution in [1.29, 1.82) is 0 Å². The monoisotopic (exact) mass is 422 g/mol. The number of rotatable bonds is 9. The van der Waals surface area contributed by atoms with Gasteiger partial charge in [-0.2, -0.15) is 0 Å². The molecule has 0 aromatic heterocycles. The summed E-state index contributed by atoms with van der Waals surface area (Å²) in [5.74, 6) is 2.06. The summed E-state index contributed by atoms with van der Waals surface area (Å²) < 4.78 is 16.3. The number of amides is 1. The second-order valence-electron chi connectivity index (χ2n) is 8.48. The van der Waals surface area contributed by atoms with Gasteiger partial charge in [0.05, 0.1) is 25.8 Å². The van der Waals surface area contributed by atoms with Crippen molar-refractivity contribution in [2.24, 2.45) is 4.99 Å². The van der Waals surface area contributed by atoms with E-state index >= 15 is 0 Å². The van der Waals surface area contributed by atoms with Crippen LogP contribution in [-0.2, 0) is 11.3 Å². The zero-order chi connectivity index (χ0) is 22.8. The predicted octanol–water partition coefficient (Wildman–Crippen LogP) is 3.45. The number of nitrogens with one attached hydrogen (secondary N) is 3. The van der Waals surface area contributed by atoms with E-state index in [1.807, 2.05) is 66.7 Å². The first-order chi connectivity index (χ1) is 14.0. The lowest BCUT2D eigenvalue weighted by Crippen LogP contribution is -2.54. The van der Waals surface area contributed by atoms with Gasteiger partial charge in [-0.3, -0.25) is 0 Å². The average Bonchev–Trinajstić information content (AvgIpc) is 2.63. The Morgan fingerprint density at radius 1 is 1.07 bits per heavy atom. The minimum atomic E-state index is -0.539. The quantitative estimate of drug-likeness (QED) is 0.417. The minimum absolute atomic E-state index is 0.447. The highest BCUT2D eigenvalue weighted by Gasteiger charge is 2.24. The van der Waals surface area contributed by atoms with E-state index in [0.29, 0.717) is 37.2 Å². The highest BCUT2D eigenvalue weighted by Crippen LogP contribution is 2.28. The largest absolute Gasteiger partial charge is 0.493 e. The molecule has 8 nitrogen and oxygen atoms in total. The van der Waals surface area contributed by atoms with Crippen molar-refractivity contribution in [2.45, 2.75) is 66.2 Å². The maximum atomic E-state index is 12.1. The van der Waals surface area contributed by atoms with Crippen LogP contribution in [0.15, 0.2) is 23.2 Å². The number of ether oxygens (including phenoxy) is 3. The molecule has 1 amide bonds. The molecule has 0 spiro atoms. The number of methoxy groups -OCH3 is 1. The normalized spacial score (nSPS) is 12.2. The van der Waals surface area contributed by atoms with Gasteiger partial charge in [0.2, 0.25) is 0 Å². The van der Waals surface area contributed by atoms with Crippen LogP contribution in [0.1, 0.15) is 54.0 Å². The van der Waals surface area contributed by atoms with Gasteiger partial charge in [0.15, 0.2) is 17.5 Å². The molecule has 1 aromatic carbocycles. The van der Waals surface area contributed by atoms with E-state index in [2.05, 4.69) is 20.9 Å². The zero-order valence-electron chi connectivity index (χ0n) is 19.6. The van der Waals surface area contributed by atoms with Crippen LogP contribution in [0.3, 0.4) is 0 Å². The number of hydrogen-bond donors (Lipinski definition) is 3. The molecular formula is C22H38N4O4. The molecule has 0 heterocycles. The first-order valence-electron chi connectivity index (χ1n) is 10.3. The zero-order valence-corrected chi connectivity index (χ0v) is 19.6. The van der Waals surface area contributed by atoms with Crippen LogP contribution in [0.25, 0.3) is 0 Å². The van der Waals surface area contributed by atoms with Gasteiger partial charge in [0.1, 0.15) is 5.60 Å². The first-order valence-corrected chi connectivity index (χ1v) is 10.3. The van der Waals surface area contributed by atoms with Gasteiger partial charge in [-0.1, -0.05) is 6.07 Å². The van der Waals surface area contributed by atoms with E-state index in [1.54, 1.807) is 7.11 Å². The second-order valence-corrected chi connectivity index (χ2v) is 8.48. The molecule has 0 radical (unpaired) electrons. The molecular weight excluding hydrogens is 384 g/mol. The maximum Gasteiger partial charge on any atom is 0.408 e. The van der Waals surface area contributed by atoms with Gasteiger partial charge in [0, 0.05) is 13.1 Å². The Bertz CT molecular complexity index is 712. The highest BCUT2D eigenvalue weighted by molar-refractivity contribution is 5.80. The molecule has 170 valence electrons. The molecule has 0 unspecified atom stereocenters. The van der Waals surface area contributed by atoms with E-state index < -0.39 is 17.2 Å². The van der Waals surface area contributed by atoms with Crippen molar-refractivity contribution in [3.05, 3.63) is 23.8 Å². The lowest BCUT2D eigenvalue weighted by Gasteiger charge is -2.29. The van der Waals surface area contributed by atoms with Crippen molar-refractivity contribution in [3.8, 4) is 11.5 Å². The SMILES string of the molecule is CCNC(=NCc1ccc(OCC)c(OC)c1)NCC(C)(C)NC(=O)OC(C)(C)C. The number of carbonyl (C=O) groups excluding carboxylic acids is 1. The molecule has 30 heavy (non-hydrogen) atoms. The molecule has 0 saturated heterocycles. The summed E-state index contributed by atoms with van der Waals surface area (Å²) in [7, 11) is 1.62. The van der Waals surface area contributed by atoms with Crippen LogP contribution >= 0.6 is 0 Å². The van der Waals surface area contributed by atoms with Gasteiger partial charge >= 0.3 is 6.09 Å². The van der Waals surface area contributed by atoms with Crippen molar-refractivity contribution in [1.82, 2.24) is 16.0 Å². The Morgan fingerprint density at radius 3 is 2.33 bits per heavy atom. The number of benzene rings is 1. The van der Waals surface area contributed by atoms with Gasteiger partial charge < -0.3 is 30.2 Å². The molecule has 1 aromatic rings. The van der Waals surface area contributed by atoms with Crippen LogP contribution in [0.4, 0.5) is 4.79 Å². The van der Waals surface area contributed by atoms with Gasteiger partial charge in [-0.25, -0.2) is 9.79 Å². The summed E-state index contributed by atoms with van der Waals surface area (Å²) in [5.41, 5.74) is -0.0671. The third-order valence-corrected chi connectivity index (χ3v) is 3.83. The van der Waals surface area contributed by atoms with Crippen molar-refractivity contribution in [2.75, 3.05) is 26.8 Å². The van der Waals surface area contributed by atoms with Gasteiger partial charge in [0.25, 0.3) is 0 Å². The van der Waals surface area contributed by atoms with Crippen LogP contribution in [0, 0.1) is 0 Å². The van der Waals surface area contributed by atoms with Crippen molar-refractivity contribution < 1.29 is 19.0 Å². The van der Waals surface area contributed by atoms with E-state index in [9.17, 15) is 4.79 Å². The molecule has 0 bridgehead atoms. The van der Waals surface area contributed by atoms with E-state index in [1.165, 1.54) is 0 Å². The van der Waals surface area contributed by atoms with Gasteiger partial charge in [-0.05, 0) is 66.2 Å². The second kappa shape index (κ2) is 11.5. The fraction of sp³-hybridized carbons (Fsp3) is 0.636. The van der Waals surface area contributed by atoms with Crippen molar-refractivity contribution >= 4 is 12.1 Å². The predicted molar refractivity (Wildman–Crippen MR) is 120 cm³/mol. The van der Waals surface area contributed by atoms with Crippen LogP contribution < -0.4 is 25.4 Å².